The summed E-state index contributed by atoms with van der Waals surface area (Å²) in [5.74, 6) is 0.437. The molecule has 3 rings (SSSR count). The van der Waals surface area contributed by atoms with Gasteiger partial charge in [-0.2, -0.15) is 0 Å². The van der Waals surface area contributed by atoms with Crippen molar-refractivity contribution in [2.75, 3.05) is 19.8 Å². The van der Waals surface area contributed by atoms with Gasteiger partial charge in [0.05, 0.1) is 24.8 Å². The monoisotopic (exact) mass is 425 g/mol. The van der Waals surface area contributed by atoms with Crippen LogP contribution in [0.15, 0.2) is 54.6 Å². The van der Waals surface area contributed by atoms with E-state index in [-0.39, 0.29) is 17.9 Å². The van der Waals surface area contributed by atoms with Crippen LogP contribution in [-0.2, 0) is 16.0 Å². The van der Waals surface area contributed by atoms with Crippen molar-refractivity contribution in [3.63, 3.8) is 0 Å². The zero-order valence-electron chi connectivity index (χ0n) is 18.0. The molecule has 1 saturated heterocycles. The van der Waals surface area contributed by atoms with Gasteiger partial charge < -0.3 is 19.5 Å². The van der Waals surface area contributed by atoms with Crippen LogP contribution in [0, 0.1) is 0 Å². The highest BCUT2D eigenvalue weighted by atomic mass is 16.5. The molecular formula is C25H31NO5. The molecule has 1 aliphatic heterocycles. The Morgan fingerprint density at radius 3 is 2.61 bits per heavy atom. The van der Waals surface area contributed by atoms with Crippen molar-refractivity contribution >= 4 is 11.9 Å². The summed E-state index contributed by atoms with van der Waals surface area (Å²) in [5, 5.41) is 10.4. The standard InChI is InChI=1S/C25H31NO5/c1-2-30-25(29)20-8-13-23(14-9-20)31-17-16-26-21(11-15-24(26)28)10-12-22(27)18-19-6-4-3-5-7-19/h3-9,13-14,21-22,27H,2,10-12,15-18H2,1H3. The molecule has 0 saturated carbocycles. The quantitative estimate of drug-likeness (QED) is 0.557. The highest BCUT2D eigenvalue weighted by molar-refractivity contribution is 5.89. The molecule has 1 amide bonds. The van der Waals surface area contributed by atoms with E-state index in [1.165, 1.54) is 0 Å². The Labute approximate surface area is 183 Å². The number of rotatable bonds is 11. The van der Waals surface area contributed by atoms with Gasteiger partial charge >= 0.3 is 5.97 Å². The van der Waals surface area contributed by atoms with E-state index in [0.29, 0.717) is 50.3 Å². The van der Waals surface area contributed by atoms with Gasteiger partial charge in [-0.15, -0.1) is 0 Å². The summed E-state index contributed by atoms with van der Waals surface area (Å²) in [6, 6.07) is 16.9. The summed E-state index contributed by atoms with van der Waals surface area (Å²) in [4.78, 5) is 25.9. The number of aliphatic hydroxyl groups is 1. The Balaban J connectivity index is 1.43. The maximum atomic E-state index is 12.3. The second-order valence-corrected chi connectivity index (χ2v) is 7.79. The normalized spacial score (nSPS) is 16.9. The first-order valence-corrected chi connectivity index (χ1v) is 11.0. The van der Waals surface area contributed by atoms with Gasteiger partial charge in [0.25, 0.3) is 0 Å². The van der Waals surface area contributed by atoms with Crippen LogP contribution in [0.5, 0.6) is 5.75 Å². The lowest BCUT2D eigenvalue weighted by Crippen LogP contribution is -2.36. The van der Waals surface area contributed by atoms with Crippen molar-refractivity contribution in [1.82, 2.24) is 4.90 Å². The molecule has 2 aromatic carbocycles. The van der Waals surface area contributed by atoms with E-state index in [9.17, 15) is 14.7 Å². The lowest BCUT2D eigenvalue weighted by Gasteiger charge is -2.25. The van der Waals surface area contributed by atoms with E-state index in [4.69, 9.17) is 9.47 Å². The van der Waals surface area contributed by atoms with Crippen molar-refractivity contribution in [2.45, 2.75) is 51.2 Å². The SMILES string of the molecule is CCOC(=O)c1ccc(OCCN2C(=O)CCC2CCC(O)Cc2ccccc2)cc1. The van der Waals surface area contributed by atoms with Crippen molar-refractivity contribution in [2.24, 2.45) is 0 Å². The van der Waals surface area contributed by atoms with Crippen LogP contribution in [0.25, 0.3) is 0 Å². The minimum absolute atomic E-state index is 0.142. The van der Waals surface area contributed by atoms with E-state index in [1.807, 2.05) is 35.2 Å². The molecule has 0 aromatic heterocycles. The molecule has 2 aromatic rings. The molecule has 166 valence electrons. The lowest BCUT2D eigenvalue weighted by molar-refractivity contribution is -0.129. The molecular weight excluding hydrogens is 394 g/mol. The number of esters is 1. The van der Waals surface area contributed by atoms with Crippen LogP contribution in [-0.4, -0.2) is 53.8 Å². The molecule has 0 spiro atoms. The zero-order valence-corrected chi connectivity index (χ0v) is 18.0. The summed E-state index contributed by atoms with van der Waals surface area (Å²) in [7, 11) is 0. The third-order valence-corrected chi connectivity index (χ3v) is 5.57. The van der Waals surface area contributed by atoms with Crippen LogP contribution in [0.2, 0.25) is 0 Å². The van der Waals surface area contributed by atoms with Crippen LogP contribution >= 0.6 is 0 Å². The molecule has 31 heavy (non-hydrogen) atoms. The zero-order chi connectivity index (χ0) is 22.1. The molecule has 1 fully saturated rings. The van der Waals surface area contributed by atoms with Crippen molar-refractivity contribution < 1.29 is 24.2 Å². The molecule has 0 aliphatic carbocycles. The number of likely N-dealkylation sites (tertiary alicyclic amines) is 1. The van der Waals surface area contributed by atoms with E-state index in [2.05, 4.69) is 0 Å². The smallest absolute Gasteiger partial charge is 0.338 e. The topological polar surface area (TPSA) is 76.1 Å². The summed E-state index contributed by atoms with van der Waals surface area (Å²) in [6.07, 6.45) is 3.05. The van der Waals surface area contributed by atoms with Gasteiger partial charge in [0.1, 0.15) is 12.4 Å². The van der Waals surface area contributed by atoms with Gasteiger partial charge in [0.15, 0.2) is 0 Å². The molecule has 6 heteroatoms. The Morgan fingerprint density at radius 1 is 1.16 bits per heavy atom. The molecule has 1 heterocycles. The number of hydrogen-bond acceptors (Lipinski definition) is 5. The summed E-state index contributed by atoms with van der Waals surface area (Å²) in [6.45, 7) is 3.00. The molecule has 1 N–H and O–H groups in total. The second-order valence-electron chi connectivity index (χ2n) is 7.79. The number of carbonyl (C=O) groups is 2. The number of hydrogen-bond donors (Lipinski definition) is 1. The fraction of sp³-hybridized carbons (Fsp3) is 0.440. The number of carbonyl (C=O) groups excluding carboxylic acids is 2. The fourth-order valence-corrected chi connectivity index (χ4v) is 3.94. The largest absolute Gasteiger partial charge is 0.492 e. The minimum Gasteiger partial charge on any atom is -0.492 e. The lowest BCUT2D eigenvalue weighted by atomic mass is 10.0. The number of benzene rings is 2. The molecule has 2 unspecified atom stereocenters. The van der Waals surface area contributed by atoms with Gasteiger partial charge in [-0.05, 0) is 62.4 Å². The third kappa shape index (κ3) is 6.82. The maximum Gasteiger partial charge on any atom is 0.338 e. The first-order valence-electron chi connectivity index (χ1n) is 11.0. The van der Waals surface area contributed by atoms with Crippen molar-refractivity contribution in [3.05, 3.63) is 65.7 Å². The van der Waals surface area contributed by atoms with Crippen molar-refractivity contribution in [3.8, 4) is 5.75 Å². The van der Waals surface area contributed by atoms with Gasteiger partial charge in [0, 0.05) is 12.5 Å². The molecule has 1 aliphatic rings. The van der Waals surface area contributed by atoms with E-state index < -0.39 is 6.10 Å². The molecule has 2 atom stereocenters. The molecule has 0 bridgehead atoms. The van der Waals surface area contributed by atoms with Crippen molar-refractivity contribution in [1.29, 1.82) is 0 Å². The van der Waals surface area contributed by atoms with Crippen LogP contribution in [0.4, 0.5) is 0 Å². The Morgan fingerprint density at radius 2 is 1.90 bits per heavy atom. The molecule has 0 radical (unpaired) electrons. The van der Waals surface area contributed by atoms with E-state index >= 15 is 0 Å². The number of nitrogens with zero attached hydrogens (tertiary/aromatic N) is 1. The van der Waals surface area contributed by atoms with Gasteiger partial charge in [-0.1, -0.05) is 30.3 Å². The predicted molar refractivity (Wildman–Crippen MR) is 118 cm³/mol. The highest BCUT2D eigenvalue weighted by Crippen LogP contribution is 2.24. The summed E-state index contributed by atoms with van der Waals surface area (Å²) < 4.78 is 10.7. The fourth-order valence-electron chi connectivity index (χ4n) is 3.94. The summed E-state index contributed by atoms with van der Waals surface area (Å²) in [5.41, 5.74) is 1.61. The van der Waals surface area contributed by atoms with Gasteiger partial charge in [-0.25, -0.2) is 4.79 Å². The van der Waals surface area contributed by atoms with Crippen LogP contribution < -0.4 is 4.74 Å². The maximum absolute atomic E-state index is 12.3. The average Bonchev–Trinajstić information content (AvgIpc) is 3.13. The molecule has 6 nitrogen and oxygen atoms in total. The highest BCUT2D eigenvalue weighted by Gasteiger charge is 2.30. The predicted octanol–water partition coefficient (Wildman–Crippen LogP) is 3.62. The van der Waals surface area contributed by atoms with Gasteiger partial charge in [0.2, 0.25) is 5.91 Å². The second kappa shape index (κ2) is 11.5. The Hall–Kier alpha value is -2.86. The third-order valence-electron chi connectivity index (χ3n) is 5.57. The van der Waals surface area contributed by atoms with E-state index in [0.717, 1.165) is 18.4 Å². The Bertz CT molecular complexity index is 837. The Kier molecular flexibility index (Phi) is 8.47. The first-order chi connectivity index (χ1) is 15.1. The number of amides is 1. The first kappa shape index (κ1) is 22.8. The van der Waals surface area contributed by atoms with E-state index in [1.54, 1.807) is 31.2 Å². The average molecular weight is 426 g/mol. The number of ether oxygens (including phenoxy) is 2. The van der Waals surface area contributed by atoms with Gasteiger partial charge in [-0.3, -0.25) is 4.79 Å². The van der Waals surface area contributed by atoms with Crippen LogP contribution in [0.3, 0.4) is 0 Å². The minimum atomic E-state index is -0.408. The van der Waals surface area contributed by atoms with Crippen LogP contribution in [0.1, 0.15) is 48.5 Å². The number of aliphatic hydroxyl groups excluding tert-OH is 1. The summed E-state index contributed by atoms with van der Waals surface area (Å²) >= 11 is 0.